The Bertz CT molecular complexity index is 522. The molecule has 90 valence electrons. The summed E-state index contributed by atoms with van der Waals surface area (Å²) in [4.78, 5) is 5.70. The van der Waals surface area contributed by atoms with Gasteiger partial charge in [0, 0.05) is 9.90 Å². The van der Waals surface area contributed by atoms with Crippen LogP contribution in [0.4, 0.5) is 0 Å². The highest BCUT2D eigenvalue weighted by atomic mass is 35.5. The van der Waals surface area contributed by atoms with Crippen LogP contribution in [-0.4, -0.2) is 12.0 Å². The summed E-state index contributed by atoms with van der Waals surface area (Å²) in [6.45, 7) is 4.07. The van der Waals surface area contributed by atoms with Gasteiger partial charge in [-0.3, -0.25) is 0 Å². The van der Waals surface area contributed by atoms with E-state index in [1.807, 2.05) is 39.1 Å². The van der Waals surface area contributed by atoms with Gasteiger partial charge in [0.15, 0.2) is 0 Å². The Morgan fingerprint density at radius 2 is 2.00 bits per heavy atom. The number of benzene rings is 1. The van der Waals surface area contributed by atoms with Crippen molar-refractivity contribution in [2.75, 3.05) is 7.05 Å². The summed E-state index contributed by atoms with van der Waals surface area (Å²) >= 11 is 7.97. The molecular weight excluding hydrogens is 252 g/mol. The molecule has 0 aliphatic heterocycles. The van der Waals surface area contributed by atoms with E-state index < -0.39 is 0 Å². The van der Waals surface area contributed by atoms with Crippen molar-refractivity contribution >= 4 is 22.9 Å². The second-order valence-corrected chi connectivity index (χ2v) is 5.57. The number of hydrogen-bond acceptors (Lipinski definition) is 3. The molecule has 0 bridgehead atoms. The molecule has 2 rings (SSSR count). The molecular formula is C13H15ClN2S. The van der Waals surface area contributed by atoms with Crippen molar-refractivity contribution in [1.82, 2.24) is 10.3 Å². The highest BCUT2D eigenvalue weighted by molar-refractivity contribution is 7.11. The Labute approximate surface area is 111 Å². The molecule has 1 N–H and O–H groups in total. The number of aromatic nitrogens is 1. The van der Waals surface area contributed by atoms with Crippen molar-refractivity contribution in [1.29, 1.82) is 0 Å². The zero-order chi connectivity index (χ0) is 12.4. The van der Waals surface area contributed by atoms with Crippen LogP contribution in [0.1, 0.15) is 27.2 Å². The molecule has 1 aromatic carbocycles. The van der Waals surface area contributed by atoms with Gasteiger partial charge < -0.3 is 5.32 Å². The first kappa shape index (κ1) is 12.6. The van der Waals surface area contributed by atoms with Gasteiger partial charge in [-0.05, 0) is 32.5 Å². The van der Waals surface area contributed by atoms with Crippen LogP contribution >= 0.6 is 22.9 Å². The summed E-state index contributed by atoms with van der Waals surface area (Å²) in [7, 11) is 1.95. The maximum absolute atomic E-state index is 6.25. The molecule has 0 aliphatic rings. The molecule has 0 radical (unpaired) electrons. The summed E-state index contributed by atoms with van der Waals surface area (Å²) in [5, 5.41) is 5.19. The minimum Gasteiger partial charge on any atom is -0.309 e. The molecule has 0 aliphatic carbocycles. The van der Waals surface area contributed by atoms with E-state index in [9.17, 15) is 0 Å². The van der Waals surface area contributed by atoms with Crippen molar-refractivity contribution in [2.24, 2.45) is 0 Å². The van der Waals surface area contributed by atoms with Gasteiger partial charge in [0.25, 0.3) is 0 Å². The van der Waals surface area contributed by atoms with E-state index in [1.54, 1.807) is 11.3 Å². The molecule has 4 heteroatoms. The maximum Gasteiger partial charge on any atom is 0.0900 e. The Morgan fingerprint density at radius 3 is 2.53 bits per heavy atom. The summed E-state index contributed by atoms with van der Waals surface area (Å²) in [5.74, 6) is 0. The Hall–Kier alpha value is -0.900. The van der Waals surface area contributed by atoms with E-state index in [-0.39, 0.29) is 6.04 Å². The number of nitrogens with zero attached hydrogens (tertiary/aromatic N) is 1. The number of hydrogen-bond donors (Lipinski definition) is 1. The van der Waals surface area contributed by atoms with Crippen molar-refractivity contribution in [3.05, 3.63) is 50.4 Å². The standard InChI is InChI=1S/C13H15ClN2S/c1-8-13(17-9(2)16-8)12(15-3)10-6-4-5-7-11(10)14/h4-7,12,15H,1-3H3. The Balaban J connectivity index is 2.47. The third-order valence-corrected chi connectivity index (χ3v) is 4.19. The van der Waals surface area contributed by atoms with Gasteiger partial charge in [-0.15, -0.1) is 11.3 Å². The number of nitrogens with one attached hydrogen (secondary N) is 1. The molecule has 0 amide bonds. The first-order chi connectivity index (χ1) is 8.13. The quantitative estimate of drug-likeness (QED) is 0.916. The van der Waals surface area contributed by atoms with Crippen molar-refractivity contribution in [3.8, 4) is 0 Å². The van der Waals surface area contributed by atoms with Crippen LogP contribution in [0.2, 0.25) is 5.02 Å². The smallest absolute Gasteiger partial charge is 0.0900 e. The fourth-order valence-electron chi connectivity index (χ4n) is 1.95. The topological polar surface area (TPSA) is 24.9 Å². The lowest BCUT2D eigenvalue weighted by molar-refractivity contribution is 0.698. The Kier molecular flexibility index (Phi) is 3.82. The second kappa shape index (κ2) is 5.17. The molecule has 1 heterocycles. The fourth-order valence-corrected chi connectivity index (χ4v) is 3.25. The van der Waals surface area contributed by atoms with Gasteiger partial charge in [0.1, 0.15) is 0 Å². The minimum absolute atomic E-state index is 0.120. The van der Waals surface area contributed by atoms with Crippen LogP contribution in [0.5, 0.6) is 0 Å². The molecule has 1 atom stereocenters. The van der Waals surface area contributed by atoms with Crippen LogP contribution in [-0.2, 0) is 0 Å². The van der Waals surface area contributed by atoms with Crippen molar-refractivity contribution < 1.29 is 0 Å². The molecule has 2 aromatic rings. The Morgan fingerprint density at radius 1 is 1.29 bits per heavy atom. The lowest BCUT2D eigenvalue weighted by atomic mass is 10.0. The fraction of sp³-hybridized carbons (Fsp3) is 0.308. The van der Waals surface area contributed by atoms with Gasteiger partial charge in [-0.2, -0.15) is 0 Å². The second-order valence-electron chi connectivity index (χ2n) is 3.93. The van der Waals surface area contributed by atoms with Crippen LogP contribution in [0, 0.1) is 13.8 Å². The monoisotopic (exact) mass is 266 g/mol. The average Bonchev–Trinajstić information content (AvgIpc) is 2.62. The van der Waals surface area contributed by atoms with E-state index in [1.165, 1.54) is 4.88 Å². The molecule has 17 heavy (non-hydrogen) atoms. The number of rotatable bonds is 3. The van der Waals surface area contributed by atoms with Gasteiger partial charge >= 0.3 is 0 Å². The zero-order valence-corrected chi connectivity index (χ0v) is 11.7. The molecule has 0 spiro atoms. The molecule has 1 aromatic heterocycles. The van der Waals surface area contributed by atoms with Crippen molar-refractivity contribution in [3.63, 3.8) is 0 Å². The van der Waals surface area contributed by atoms with Gasteiger partial charge in [-0.1, -0.05) is 29.8 Å². The molecule has 0 fully saturated rings. The van der Waals surface area contributed by atoms with Crippen LogP contribution in [0.3, 0.4) is 0 Å². The van der Waals surface area contributed by atoms with Gasteiger partial charge in [0.2, 0.25) is 0 Å². The molecule has 0 saturated heterocycles. The van der Waals surface area contributed by atoms with E-state index in [2.05, 4.69) is 16.4 Å². The SMILES string of the molecule is CNC(c1ccccc1Cl)c1sc(C)nc1C. The summed E-state index contributed by atoms with van der Waals surface area (Å²) in [6, 6.07) is 8.05. The zero-order valence-electron chi connectivity index (χ0n) is 10.1. The number of halogens is 1. The summed E-state index contributed by atoms with van der Waals surface area (Å²) in [6.07, 6.45) is 0. The average molecular weight is 267 g/mol. The maximum atomic E-state index is 6.25. The third-order valence-electron chi connectivity index (χ3n) is 2.71. The molecule has 2 nitrogen and oxygen atoms in total. The van der Waals surface area contributed by atoms with Crippen molar-refractivity contribution in [2.45, 2.75) is 19.9 Å². The highest BCUT2D eigenvalue weighted by Crippen LogP contribution is 2.33. The minimum atomic E-state index is 0.120. The summed E-state index contributed by atoms with van der Waals surface area (Å²) < 4.78 is 0. The van der Waals surface area contributed by atoms with Crippen LogP contribution < -0.4 is 5.32 Å². The molecule has 0 saturated carbocycles. The van der Waals surface area contributed by atoms with Crippen LogP contribution in [0.25, 0.3) is 0 Å². The largest absolute Gasteiger partial charge is 0.309 e. The summed E-state index contributed by atoms with van der Waals surface area (Å²) in [5.41, 5.74) is 2.18. The van der Waals surface area contributed by atoms with Gasteiger partial charge in [0.05, 0.1) is 16.7 Å². The predicted octanol–water partition coefficient (Wildman–Crippen LogP) is 3.72. The van der Waals surface area contributed by atoms with E-state index >= 15 is 0 Å². The third kappa shape index (κ3) is 2.51. The van der Waals surface area contributed by atoms with E-state index in [0.29, 0.717) is 0 Å². The predicted molar refractivity (Wildman–Crippen MR) is 73.9 cm³/mol. The van der Waals surface area contributed by atoms with E-state index in [0.717, 1.165) is 21.3 Å². The normalized spacial score (nSPS) is 12.7. The number of thiazole rings is 1. The van der Waals surface area contributed by atoms with E-state index in [4.69, 9.17) is 11.6 Å². The first-order valence-corrected chi connectivity index (χ1v) is 6.68. The van der Waals surface area contributed by atoms with Crippen LogP contribution in [0.15, 0.2) is 24.3 Å². The molecule has 1 unspecified atom stereocenters. The first-order valence-electron chi connectivity index (χ1n) is 5.49. The highest BCUT2D eigenvalue weighted by Gasteiger charge is 2.19. The lowest BCUT2D eigenvalue weighted by Crippen LogP contribution is -2.17. The number of aryl methyl sites for hydroxylation is 2. The van der Waals surface area contributed by atoms with Gasteiger partial charge in [-0.25, -0.2) is 4.98 Å². The lowest BCUT2D eigenvalue weighted by Gasteiger charge is -2.17.